The normalized spacial score (nSPS) is 10.5. The molecular weight excluding hydrogens is 459 g/mol. The molecular formula is C25H18Cl2N4O2. The van der Waals surface area contributed by atoms with E-state index in [1.54, 1.807) is 13.0 Å². The Balaban J connectivity index is 1.45. The van der Waals surface area contributed by atoms with E-state index in [-0.39, 0.29) is 21.4 Å². The van der Waals surface area contributed by atoms with E-state index in [2.05, 4.69) is 32.7 Å². The molecule has 0 radical (unpaired) electrons. The molecule has 8 heteroatoms. The second kappa shape index (κ2) is 9.81. The molecule has 1 aromatic heterocycles. The zero-order chi connectivity index (χ0) is 23.4. The Bertz CT molecular complexity index is 1310. The van der Waals surface area contributed by atoms with Crippen molar-refractivity contribution in [3.8, 4) is 22.4 Å². The molecule has 0 unspecified atom stereocenters. The van der Waals surface area contributed by atoms with Gasteiger partial charge < -0.3 is 0 Å². The van der Waals surface area contributed by atoms with Gasteiger partial charge in [0.2, 0.25) is 0 Å². The molecule has 0 saturated carbocycles. The summed E-state index contributed by atoms with van der Waals surface area (Å²) < 4.78 is 0. The van der Waals surface area contributed by atoms with Gasteiger partial charge in [-0.1, -0.05) is 83.9 Å². The molecule has 0 saturated heterocycles. The Hall–Kier alpha value is -3.74. The number of urea groups is 1. The van der Waals surface area contributed by atoms with Gasteiger partial charge in [0, 0.05) is 5.56 Å². The van der Waals surface area contributed by atoms with Crippen LogP contribution in [0, 0.1) is 6.92 Å². The highest BCUT2D eigenvalue weighted by Crippen LogP contribution is 2.26. The number of carbonyl (C=O) groups is 2. The Kier molecular flexibility index (Phi) is 6.68. The van der Waals surface area contributed by atoms with E-state index in [9.17, 15) is 9.59 Å². The molecule has 0 bridgehead atoms. The maximum Gasteiger partial charge on any atom is 0.327 e. The van der Waals surface area contributed by atoms with E-state index >= 15 is 0 Å². The lowest BCUT2D eigenvalue weighted by Gasteiger charge is -2.10. The third-order valence-electron chi connectivity index (χ3n) is 4.87. The van der Waals surface area contributed by atoms with Crippen LogP contribution in [-0.2, 0) is 0 Å². The van der Waals surface area contributed by atoms with Crippen LogP contribution in [0.5, 0.6) is 0 Å². The summed E-state index contributed by atoms with van der Waals surface area (Å²) in [6.07, 6.45) is 1.43. The molecule has 2 N–H and O–H groups in total. The lowest BCUT2D eigenvalue weighted by Crippen LogP contribution is -2.35. The molecule has 6 nitrogen and oxygen atoms in total. The quantitative estimate of drug-likeness (QED) is 0.357. The molecule has 0 atom stereocenters. The van der Waals surface area contributed by atoms with Gasteiger partial charge >= 0.3 is 6.03 Å². The first kappa shape index (κ1) is 22.5. The Labute approximate surface area is 200 Å². The third kappa shape index (κ3) is 5.19. The van der Waals surface area contributed by atoms with E-state index in [0.717, 1.165) is 16.7 Å². The number of benzene rings is 3. The first-order valence-corrected chi connectivity index (χ1v) is 10.7. The van der Waals surface area contributed by atoms with Crippen molar-refractivity contribution in [2.75, 3.05) is 5.32 Å². The molecule has 0 fully saturated rings. The van der Waals surface area contributed by atoms with Gasteiger partial charge in [0.25, 0.3) is 5.91 Å². The molecule has 4 aromatic rings. The molecule has 33 heavy (non-hydrogen) atoms. The molecule has 4 rings (SSSR count). The van der Waals surface area contributed by atoms with Crippen LogP contribution in [0.1, 0.15) is 16.1 Å². The van der Waals surface area contributed by atoms with Crippen molar-refractivity contribution in [3.05, 3.63) is 100 Å². The summed E-state index contributed by atoms with van der Waals surface area (Å²) >= 11 is 12.0. The lowest BCUT2D eigenvalue weighted by atomic mass is 10.0. The van der Waals surface area contributed by atoms with Gasteiger partial charge in [-0.15, -0.1) is 0 Å². The van der Waals surface area contributed by atoms with E-state index in [4.69, 9.17) is 23.2 Å². The number of carbonyl (C=O) groups excluding carboxylic acids is 2. The Morgan fingerprint density at radius 3 is 2.03 bits per heavy atom. The summed E-state index contributed by atoms with van der Waals surface area (Å²) in [4.78, 5) is 33.4. The number of nitrogens with one attached hydrogen (secondary N) is 2. The molecule has 0 aliphatic rings. The van der Waals surface area contributed by atoms with E-state index in [1.165, 1.54) is 18.3 Å². The topological polar surface area (TPSA) is 84.0 Å². The van der Waals surface area contributed by atoms with E-state index < -0.39 is 11.9 Å². The Morgan fingerprint density at radius 1 is 0.788 bits per heavy atom. The molecule has 164 valence electrons. The van der Waals surface area contributed by atoms with Gasteiger partial charge in [-0.3, -0.25) is 20.4 Å². The standard InChI is InChI=1S/C25H18Cl2N4O2/c1-15-23(18-12-10-17(11-13-18)16-6-3-2-4-7-16)28-14-21(29-15)30-25(33)31-24(32)22-19(26)8-5-9-20(22)27/h2-14H,1H3,(H2,29,30,31,32,33). The number of rotatable bonds is 4. The van der Waals surface area contributed by atoms with Gasteiger partial charge in [0.1, 0.15) is 0 Å². The van der Waals surface area contributed by atoms with Crippen molar-refractivity contribution >= 4 is 41.0 Å². The third-order valence-corrected chi connectivity index (χ3v) is 5.50. The second-order valence-corrected chi connectivity index (χ2v) is 7.95. The van der Waals surface area contributed by atoms with E-state index in [0.29, 0.717) is 11.4 Å². The highest BCUT2D eigenvalue weighted by Gasteiger charge is 2.17. The van der Waals surface area contributed by atoms with Crippen LogP contribution in [0.4, 0.5) is 10.6 Å². The fraction of sp³-hybridized carbons (Fsp3) is 0.0400. The van der Waals surface area contributed by atoms with Gasteiger partial charge in [0.05, 0.1) is 33.2 Å². The summed E-state index contributed by atoms with van der Waals surface area (Å²) in [5.74, 6) is -0.518. The fourth-order valence-electron chi connectivity index (χ4n) is 3.30. The van der Waals surface area contributed by atoms with Gasteiger partial charge in [-0.2, -0.15) is 0 Å². The van der Waals surface area contributed by atoms with Crippen LogP contribution in [0.25, 0.3) is 22.4 Å². The van der Waals surface area contributed by atoms with Crippen LogP contribution >= 0.6 is 23.2 Å². The summed E-state index contributed by atoms with van der Waals surface area (Å²) in [5.41, 5.74) is 4.47. The second-order valence-electron chi connectivity index (χ2n) is 7.14. The number of hydrogen-bond acceptors (Lipinski definition) is 4. The number of halogens is 2. The predicted octanol–water partition coefficient (Wildman–Crippen LogP) is 6.39. The van der Waals surface area contributed by atoms with Crippen molar-refractivity contribution in [2.24, 2.45) is 0 Å². The number of anilines is 1. The van der Waals surface area contributed by atoms with Crippen molar-refractivity contribution in [1.82, 2.24) is 15.3 Å². The summed E-state index contributed by atoms with van der Waals surface area (Å²) in [6, 6.07) is 21.9. The number of aromatic nitrogens is 2. The number of hydrogen-bond donors (Lipinski definition) is 2. The van der Waals surface area contributed by atoms with Crippen LogP contribution in [0.15, 0.2) is 79.0 Å². The zero-order valence-corrected chi connectivity index (χ0v) is 19.0. The minimum atomic E-state index is -0.773. The van der Waals surface area contributed by atoms with Gasteiger partial charge in [-0.25, -0.2) is 9.78 Å². The molecule has 0 aliphatic carbocycles. The number of imide groups is 1. The smallest absolute Gasteiger partial charge is 0.291 e. The molecule has 3 aromatic carbocycles. The number of amides is 3. The van der Waals surface area contributed by atoms with Crippen LogP contribution < -0.4 is 10.6 Å². The van der Waals surface area contributed by atoms with Gasteiger partial charge in [-0.05, 0) is 30.2 Å². The van der Waals surface area contributed by atoms with E-state index in [1.807, 2.05) is 42.5 Å². The molecule has 3 amide bonds. The minimum Gasteiger partial charge on any atom is -0.291 e. The number of aryl methyl sites for hydroxylation is 1. The van der Waals surface area contributed by atoms with Crippen LogP contribution in [0.2, 0.25) is 10.0 Å². The van der Waals surface area contributed by atoms with Crippen LogP contribution in [-0.4, -0.2) is 21.9 Å². The monoisotopic (exact) mass is 476 g/mol. The average molecular weight is 477 g/mol. The molecule has 1 heterocycles. The highest BCUT2D eigenvalue weighted by atomic mass is 35.5. The minimum absolute atomic E-state index is 0.0209. The molecule has 0 aliphatic heterocycles. The predicted molar refractivity (Wildman–Crippen MR) is 131 cm³/mol. The lowest BCUT2D eigenvalue weighted by molar-refractivity contribution is 0.0967. The highest BCUT2D eigenvalue weighted by molar-refractivity contribution is 6.40. The summed E-state index contributed by atoms with van der Waals surface area (Å²) in [7, 11) is 0. The maximum absolute atomic E-state index is 12.3. The first-order valence-electron chi connectivity index (χ1n) is 9.98. The summed E-state index contributed by atoms with van der Waals surface area (Å²) in [6.45, 7) is 1.80. The largest absolute Gasteiger partial charge is 0.327 e. The van der Waals surface area contributed by atoms with Crippen molar-refractivity contribution < 1.29 is 9.59 Å². The zero-order valence-electron chi connectivity index (χ0n) is 17.5. The van der Waals surface area contributed by atoms with Crippen molar-refractivity contribution in [1.29, 1.82) is 0 Å². The Morgan fingerprint density at radius 2 is 1.39 bits per heavy atom. The average Bonchev–Trinajstić information content (AvgIpc) is 2.80. The first-order chi connectivity index (χ1) is 15.9. The summed E-state index contributed by atoms with van der Waals surface area (Å²) in [5, 5.41) is 4.98. The van der Waals surface area contributed by atoms with Gasteiger partial charge in [0.15, 0.2) is 5.82 Å². The van der Waals surface area contributed by atoms with Crippen molar-refractivity contribution in [3.63, 3.8) is 0 Å². The SMILES string of the molecule is Cc1nc(NC(=O)NC(=O)c2c(Cl)cccc2Cl)cnc1-c1ccc(-c2ccccc2)cc1. The maximum atomic E-state index is 12.3. The van der Waals surface area contributed by atoms with Crippen molar-refractivity contribution in [2.45, 2.75) is 6.92 Å². The number of nitrogens with zero attached hydrogens (tertiary/aromatic N) is 2. The van der Waals surface area contributed by atoms with Crippen LogP contribution in [0.3, 0.4) is 0 Å². The molecule has 0 spiro atoms. The fourth-order valence-corrected chi connectivity index (χ4v) is 3.87.